The largest absolute Gasteiger partial charge is 0.282 e. The van der Waals surface area contributed by atoms with E-state index in [4.69, 9.17) is 0 Å². The molecule has 0 spiro atoms. The Labute approximate surface area is 92.5 Å². The molecule has 1 fully saturated rings. The molecule has 0 saturated heterocycles. The van der Waals surface area contributed by atoms with E-state index in [1.165, 1.54) is 25.0 Å². The van der Waals surface area contributed by atoms with Crippen molar-refractivity contribution in [3.8, 4) is 0 Å². The second kappa shape index (κ2) is 4.38. The van der Waals surface area contributed by atoms with Crippen LogP contribution in [0.25, 0.3) is 0 Å². The van der Waals surface area contributed by atoms with Crippen LogP contribution in [0.5, 0.6) is 0 Å². The average Bonchev–Trinajstić information content (AvgIpc) is 2.69. The van der Waals surface area contributed by atoms with Gasteiger partial charge in [-0.1, -0.05) is 20.8 Å². The van der Waals surface area contributed by atoms with E-state index in [9.17, 15) is 0 Å². The molecule has 3 atom stereocenters. The first kappa shape index (κ1) is 10.7. The van der Waals surface area contributed by atoms with Crippen LogP contribution in [-0.2, 0) is 0 Å². The van der Waals surface area contributed by atoms with Crippen LogP contribution >= 0.6 is 0 Å². The predicted molar refractivity (Wildman–Crippen MR) is 62.7 cm³/mol. The summed E-state index contributed by atoms with van der Waals surface area (Å²) in [6, 6.07) is 2.14. The van der Waals surface area contributed by atoms with E-state index < -0.39 is 0 Å². The van der Waals surface area contributed by atoms with E-state index in [0.717, 1.165) is 17.8 Å². The number of nitrogens with one attached hydrogen (secondary N) is 1. The molecule has 1 aromatic heterocycles. The summed E-state index contributed by atoms with van der Waals surface area (Å²) in [6.07, 6.45) is 5.94. The van der Waals surface area contributed by atoms with Gasteiger partial charge in [0.2, 0.25) is 0 Å². The highest BCUT2D eigenvalue weighted by Crippen LogP contribution is 2.41. The minimum absolute atomic E-state index is 0.712. The molecular weight excluding hydrogens is 184 g/mol. The first-order valence-corrected chi connectivity index (χ1v) is 6.16. The van der Waals surface area contributed by atoms with E-state index in [0.29, 0.717) is 5.92 Å². The van der Waals surface area contributed by atoms with Crippen molar-refractivity contribution in [3.05, 3.63) is 18.0 Å². The highest BCUT2D eigenvalue weighted by atomic mass is 15.1. The Kier molecular flexibility index (Phi) is 3.13. The van der Waals surface area contributed by atoms with Gasteiger partial charge in [0.25, 0.3) is 0 Å². The van der Waals surface area contributed by atoms with Gasteiger partial charge >= 0.3 is 0 Å². The molecule has 2 rings (SSSR count). The lowest BCUT2D eigenvalue weighted by Crippen LogP contribution is -2.23. The first-order chi connectivity index (χ1) is 7.16. The summed E-state index contributed by atoms with van der Waals surface area (Å²) >= 11 is 0. The smallest absolute Gasteiger partial charge is 0.0490 e. The second-order valence-electron chi connectivity index (χ2n) is 5.53. The molecule has 2 unspecified atom stereocenters. The van der Waals surface area contributed by atoms with E-state index in [-0.39, 0.29) is 0 Å². The highest BCUT2D eigenvalue weighted by molar-refractivity contribution is 5.07. The van der Waals surface area contributed by atoms with Crippen LogP contribution < -0.4 is 0 Å². The van der Waals surface area contributed by atoms with Gasteiger partial charge in [0.1, 0.15) is 0 Å². The number of aromatic nitrogens is 2. The molecule has 1 aliphatic carbocycles. The zero-order valence-electron chi connectivity index (χ0n) is 10.0. The van der Waals surface area contributed by atoms with Crippen LogP contribution in [0.2, 0.25) is 0 Å². The Hall–Kier alpha value is -0.790. The van der Waals surface area contributed by atoms with Crippen molar-refractivity contribution >= 4 is 0 Å². The summed E-state index contributed by atoms with van der Waals surface area (Å²) in [5.41, 5.74) is 1.34. The summed E-state index contributed by atoms with van der Waals surface area (Å²) < 4.78 is 0. The molecule has 1 heterocycles. The van der Waals surface area contributed by atoms with Crippen molar-refractivity contribution in [3.63, 3.8) is 0 Å². The first-order valence-electron chi connectivity index (χ1n) is 6.16. The van der Waals surface area contributed by atoms with Crippen LogP contribution in [0.3, 0.4) is 0 Å². The molecule has 1 saturated carbocycles. The number of hydrogen-bond acceptors (Lipinski definition) is 1. The fraction of sp³-hybridized carbons (Fsp3) is 0.769. The molecule has 1 N–H and O–H groups in total. The second-order valence-corrected chi connectivity index (χ2v) is 5.53. The normalized spacial score (nSPS) is 32.1. The van der Waals surface area contributed by atoms with Crippen LogP contribution in [0.15, 0.2) is 12.3 Å². The monoisotopic (exact) mass is 206 g/mol. The third kappa shape index (κ3) is 2.42. The zero-order valence-corrected chi connectivity index (χ0v) is 10.0. The molecule has 0 aliphatic heterocycles. The summed E-state index contributed by atoms with van der Waals surface area (Å²) in [5, 5.41) is 7.20. The van der Waals surface area contributed by atoms with Crippen LogP contribution in [0.1, 0.15) is 51.6 Å². The summed E-state index contributed by atoms with van der Waals surface area (Å²) in [6.45, 7) is 7.09. The van der Waals surface area contributed by atoms with Crippen LogP contribution in [0.4, 0.5) is 0 Å². The van der Waals surface area contributed by atoms with Gasteiger partial charge in [-0.05, 0) is 43.1 Å². The number of rotatable bonds is 2. The van der Waals surface area contributed by atoms with Crippen molar-refractivity contribution in [2.24, 2.45) is 17.8 Å². The summed E-state index contributed by atoms with van der Waals surface area (Å²) in [5.74, 6) is 3.28. The SMILES string of the molecule is CC1CC(c2ccn[nH]2)C[C@H](C(C)C)C1. The fourth-order valence-corrected chi connectivity index (χ4v) is 2.95. The minimum atomic E-state index is 0.712. The lowest BCUT2D eigenvalue weighted by molar-refractivity contribution is 0.201. The number of hydrogen-bond donors (Lipinski definition) is 1. The Bertz CT molecular complexity index is 289. The molecule has 0 amide bonds. The number of aromatic amines is 1. The predicted octanol–water partition coefficient (Wildman–Crippen LogP) is 3.59. The summed E-state index contributed by atoms with van der Waals surface area (Å²) in [7, 11) is 0. The van der Waals surface area contributed by atoms with Gasteiger partial charge in [-0.25, -0.2) is 0 Å². The molecule has 1 aliphatic rings. The van der Waals surface area contributed by atoms with Crippen molar-refractivity contribution in [2.75, 3.05) is 0 Å². The quantitative estimate of drug-likeness (QED) is 0.787. The maximum Gasteiger partial charge on any atom is 0.0490 e. The molecular formula is C13H22N2. The molecule has 0 radical (unpaired) electrons. The average molecular weight is 206 g/mol. The molecule has 2 nitrogen and oxygen atoms in total. The Morgan fingerprint density at radius 1 is 1.33 bits per heavy atom. The molecule has 2 heteroatoms. The Balaban J connectivity index is 2.07. The Morgan fingerprint density at radius 2 is 2.13 bits per heavy atom. The van der Waals surface area contributed by atoms with Gasteiger partial charge < -0.3 is 0 Å². The van der Waals surface area contributed by atoms with Gasteiger partial charge in [-0.15, -0.1) is 0 Å². The highest BCUT2D eigenvalue weighted by Gasteiger charge is 2.29. The van der Waals surface area contributed by atoms with Gasteiger partial charge in [0.15, 0.2) is 0 Å². The van der Waals surface area contributed by atoms with Crippen molar-refractivity contribution < 1.29 is 0 Å². The standard InChI is InChI=1S/C13H22N2/c1-9(2)11-6-10(3)7-12(8-11)13-4-5-14-15-13/h4-5,9-12H,6-8H2,1-3H3,(H,14,15)/t10?,11-,12?/m1/s1. The van der Waals surface area contributed by atoms with Gasteiger partial charge in [0.05, 0.1) is 0 Å². The molecule has 84 valence electrons. The third-order valence-electron chi connectivity index (χ3n) is 3.88. The molecule has 0 aromatic carbocycles. The van der Waals surface area contributed by atoms with Gasteiger partial charge in [-0.3, -0.25) is 5.10 Å². The van der Waals surface area contributed by atoms with Gasteiger partial charge in [-0.2, -0.15) is 5.10 Å². The van der Waals surface area contributed by atoms with Crippen molar-refractivity contribution in [1.82, 2.24) is 10.2 Å². The van der Waals surface area contributed by atoms with Crippen LogP contribution in [-0.4, -0.2) is 10.2 Å². The van der Waals surface area contributed by atoms with E-state index in [1.54, 1.807) is 0 Å². The molecule has 15 heavy (non-hydrogen) atoms. The Morgan fingerprint density at radius 3 is 2.73 bits per heavy atom. The molecule has 0 bridgehead atoms. The van der Waals surface area contributed by atoms with E-state index >= 15 is 0 Å². The number of nitrogens with zero attached hydrogens (tertiary/aromatic N) is 1. The topological polar surface area (TPSA) is 28.7 Å². The number of H-pyrrole nitrogens is 1. The molecule has 1 aromatic rings. The van der Waals surface area contributed by atoms with Gasteiger partial charge in [0, 0.05) is 17.8 Å². The minimum Gasteiger partial charge on any atom is -0.282 e. The summed E-state index contributed by atoms with van der Waals surface area (Å²) in [4.78, 5) is 0. The van der Waals surface area contributed by atoms with E-state index in [2.05, 4.69) is 37.0 Å². The van der Waals surface area contributed by atoms with Crippen molar-refractivity contribution in [1.29, 1.82) is 0 Å². The van der Waals surface area contributed by atoms with E-state index in [1.807, 2.05) is 6.20 Å². The fourth-order valence-electron chi connectivity index (χ4n) is 2.95. The third-order valence-corrected chi connectivity index (χ3v) is 3.88. The van der Waals surface area contributed by atoms with Crippen LogP contribution in [0, 0.1) is 17.8 Å². The lowest BCUT2D eigenvalue weighted by Gasteiger charge is -2.35. The van der Waals surface area contributed by atoms with Crippen molar-refractivity contribution in [2.45, 2.75) is 46.0 Å². The zero-order chi connectivity index (χ0) is 10.8. The maximum atomic E-state index is 4.07. The lowest BCUT2D eigenvalue weighted by atomic mass is 9.71. The maximum absolute atomic E-state index is 4.07.